The van der Waals surface area contributed by atoms with Crippen molar-refractivity contribution in [1.82, 2.24) is 10.4 Å². The Hall–Kier alpha value is -2.12. The number of rotatable bonds is 2. The third kappa shape index (κ3) is 2.90. The van der Waals surface area contributed by atoms with Gasteiger partial charge in [0, 0.05) is 12.5 Å². The lowest BCUT2D eigenvalue weighted by Gasteiger charge is -2.16. The van der Waals surface area contributed by atoms with E-state index in [4.69, 9.17) is 17.0 Å². The van der Waals surface area contributed by atoms with Gasteiger partial charge in [0.1, 0.15) is 12.4 Å². The average Bonchev–Trinajstić information content (AvgIpc) is 2.74. The number of carbonyl (C=O) groups is 2. The number of benzene rings is 1. The van der Waals surface area contributed by atoms with Gasteiger partial charge in [0.05, 0.1) is 4.91 Å². The molecule has 0 unspecified atom stereocenters. The highest BCUT2D eigenvalue weighted by atomic mass is 32.2. The monoisotopic (exact) mass is 332 g/mol. The van der Waals surface area contributed by atoms with Crippen LogP contribution in [0.5, 0.6) is 5.75 Å². The zero-order valence-corrected chi connectivity index (χ0v) is 13.3. The quantitative estimate of drug-likeness (QED) is 0.665. The molecule has 2 aliphatic heterocycles. The maximum atomic E-state index is 12.2. The molecule has 1 fully saturated rings. The van der Waals surface area contributed by atoms with Gasteiger partial charge in [-0.25, -0.2) is 0 Å². The second-order valence-corrected chi connectivity index (χ2v) is 6.41. The van der Waals surface area contributed by atoms with E-state index in [0.717, 1.165) is 33.7 Å². The van der Waals surface area contributed by atoms with Crippen molar-refractivity contribution in [1.29, 1.82) is 0 Å². The fourth-order valence-electron chi connectivity index (χ4n) is 2.11. The Labute approximate surface area is 137 Å². The summed E-state index contributed by atoms with van der Waals surface area (Å²) in [7, 11) is 0. The Kier molecular flexibility index (Phi) is 4.00. The molecule has 22 heavy (non-hydrogen) atoms. The normalized spacial score (nSPS) is 18.9. The van der Waals surface area contributed by atoms with Crippen molar-refractivity contribution in [3.05, 3.63) is 46.4 Å². The van der Waals surface area contributed by atoms with Crippen molar-refractivity contribution in [2.45, 2.75) is 6.92 Å². The number of nitrogens with zero attached hydrogens (tertiary/aromatic N) is 1. The molecule has 0 radical (unpaired) electrons. The van der Waals surface area contributed by atoms with Crippen molar-refractivity contribution in [3.63, 3.8) is 0 Å². The molecule has 0 spiro atoms. The van der Waals surface area contributed by atoms with E-state index in [-0.39, 0.29) is 11.8 Å². The SMILES string of the molecule is CC(=O)NN1C(=O)/C(=C\C2=Cc3ccccc3OC2)SC1=S. The van der Waals surface area contributed by atoms with Crippen LogP contribution in [0.2, 0.25) is 0 Å². The van der Waals surface area contributed by atoms with Crippen LogP contribution >= 0.6 is 24.0 Å². The predicted molar refractivity (Wildman–Crippen MR) is 88.8 cm³/mol. The molecule has 0 bridgehead atoms. The number of ether oxygens (including phenoxy) is 1. The second-order valence-electron chi connectivity index (χ2n) is 4.73. The first-order valence-electron chi connectivity index (χ1n) is 6.52. The van der Waals surface area contributed by atoms with Crippen molar-refractivity contribution < 1.29 is 14.3 Å². The van der Waals surface area contributed by atoms with Gasteiger partial charge in [-0.15, -0.1) is 0 Å². The molecule has 0 atom stereocenters. The Bertz CT molecular complexity index is 740. The molecule has 1 saturated heterocycles. The van der Waals surface area contributed by atoms with E-state index in [2.05, 4.69) is 5.43 Å². The van der Waals surface area contributed by atoms with Gasteiger partial charge < -0.3 is 4.74 Å². The van der Waals surface area contributed by atoms with E-state index >= 15 is 0 Å². The third-order valence-electron chi connectivity index (χ3n) is 3.03. The number of hydrazine groups is 1. The van der Waals surface area contributed by atoms with Crippen LogP contribution in [0.15, 0.2) is 40.8 Å². The lowest BCUT2D eigenvalue weighted by molar-refractivity contribution is -0.132. The smallest absolute Gasteiger partial charge is 0.285 e. The molecule has 0 saturated carbocycles. The van der Waals surface area contributed by atoms with Crippen LogP contribution < -0.4 is 10.2 Å². The van der Waals surface area contributed by atoms with Crippen LogP contribution in [-0.4, -0.2) is 27.8 Å². The van der Waals surface area contributed by atoms with E-state index in [1.54, 1.807) is 6.08 Å². The minimum Gasteiger partial charge on any atom is -0.488 e. The number of fused-ring (bicyclic) bond motifs is 1. The van der Waals surface area contributed by atoms with Gasteiger partial charge >= 0.3 is 0 Å². The summed E-state index contributed by atoms with van der Waals surface area (Å²) in [4.78, 5) is 23.8. The number of thioether (sulfide) groups is 1. The van der Waals surface area contributed by atoms with E-state index in [0.29, 0.717) is 15.8 Å². The van der Waals surface area contributed by atoms with Gasteiger partial charge in [-0.1, -0.05) is 30.0 Å². The highest BCUT2D eigenvalue weighted by Crippen LogP contribution is 2.33. The summed E-state index contributed by atoms with van der Waals surface area (Å²) in [6.45, 7) is 1.72. The molecule has 7 heteroatoms. The van der Waals surface area contributed by atoms with E-state index < -0.39 is 0 Å². The van der Waals surface area contributed by atoms with Gasteiger partial charge in [-0.3, -0.25) is 15.0 Å². The minimum absolute atomic E-state index is 0.309. The first kappa shape index (κ1) is 14.8. The molecule has 5 nitrogen and oxygen atoms in total. The minimum atomic E-state index is -0.341. The third-order valence-corrected chi connectivity index (χ3v) is 4.34. The zero-order valence-electron chi connectivity index (χ0n) is 11.7. The first-order chi connectivity index (χ1) is 10.5. The van der Waals surface area contributed by atoms with Crippen LogP contribution in [0, 0.1) is 0 Å². The number of para-hydroxylation sites is 1. The molecule has 0 aliphatic carbocycles. The first-order valence-corrected chi connectivity index (χ1v) is 7.74. The van der Waals surface area contributed by atoms with E-state index in [9.17, 15) is 9.59 Å². The largest absolute Gasteiger partial charge is 0.488 e. The van der Waals surface area contributed by atoms with E-state index in [1.807, 2.05) is 30.3 Å². The van der Waals surface area contributed by atoms with Gasteiger partial charge in [0.2, 0.25) is 5.91 Å². The maximum absolute atomic E-state index is 12.2. The van der Waals surface area contributed by atoms with Crippen LogP contribution in [0.3, 0.4) is 0 Å². The second kappa shape index (κ2) is 5.94. The molecule has 2 amide bonds. The van der Waals surface area contributed by atoms with Crippen molar-refractivity contribution in [2.75, 3.05) is 6.61 Å². The predicted octanol–water partition coefficient (Wildman–Crippen LogP) is 2.26. The van der Waals surface area contributed by atoms with Crippen molar-refractivity contribution in [2.24, 2.45) is 0 Å². The molecule has 0 aromatic heterocycles. The number of nitrogens with one attached hydrogen (secondary N) is 1. The lowest BCUT2D eigenvalue weighted by Crippen LogP contribution is -2.43. The highest BCUT2D eigenvalue weighted by Gasteiger charge is 2.33. The molecule has 2 aliphatic rings. The molecule has 3 rings (SSSR count). The summed E-state index contributed by atoms with van der Waals surface area (Å²) in [6.07, 6.45) is 3.72. The van der Waals surface area contributed by atoms with Crippen LogP contribution in [0.1, 0.15) is 12.5 Å². The Balaban J connectivity index is 1.85. The maximum Gasteiger partial charge on any atom is 0.285 e. The van der Waals surface area contributed by atoms with Crippen molar-refractivity contribution >= 4 is 46.2 Å². The number of thiocarbonyl (C=S) groups is 1. The summed E-state index contributed by atoms with van der Waals surface area (Å²) >= 11 is 6.26. The molecular formula is C15H12N2O3S2. The molecule has 1 N–H and O–H groups in total. The zero-order chi connectivity index (χ0) is 15.7. The fourth-order valence-corrected chi connectivity index (χ4v) is 3.30. The standard InChI is InChI=1S/C15H12N2O3S2/c1-9(18)16-17-14(19)13(22-15(17)21)7-10-6-11-4-2-3-5-12(11)20-8-10/h2-7H,8H2,1H3,(H,16,18)/b13-7+. The summed E-state index contributed by atoms with van der Waals surface area (Å²) in [5.41, 5.74) is 4.26. The van der Waals surface area contributed by atoms with Gasteiger partial charge in [-0.2, -0.15) is 5.01 Å². The molecule has 1 aromatic carbocycles. The van der Waals surface area contributed by atoms with Gasteiger partial charge in [0.15, 0.2) is 4.32 Å². The topological polar surface area (TPSA) is 58.6 Å². The lowest BCUT2D eigenvalue weighted by atomic mass is 10.1. The van der Waals surface area contributed by atoms with E-state index in [1.165, 1.54) is 6.92 Å². The summed E-state index contributed by atoms with van der Waals surface area (Å²) in [5, 5.41) is 1.09. The Morgan fingerprint density at radius 3 is 3.00 bits per heavy atom. The number of hydrogen-bond acceptors (Lipinski definition) is 5. The highest BCUT2D eigenvalue weighted by molar-refractivity contribution is 8.26. The summed E-state index contributed by atoms with van der Waals surface area (Å²) in [5.74, 6) is 0.155. The van der Waals surface area contributed by atoms with Crippen LogP contribution in [0.25, 0.3) is 6.08 Å². The Morgan fingerprint density at radius 2 is 2.23 bits per heavy atom. The summed E-state index contributed by atoms with van der Waals surface area (Å²) < 4.78 is 5.96. The Morgan fingerprint density at radius 1 is 1.45 bits per heavy atom. The molecular weight excluding hydrogens is 320 g/mol. The average molecular weight is 332 g/mol. The number of carbonyl (C=O) groups excluding carboxylic acids is 2. The van der Waals surface area contributed by atoms with Gasteiger partial charge in [-0.05, 0) is 36.0 Å². The van der Waals surface area contributed by atoms with Crippen LogP contribution in [-0.2, 0) is 9.59 Å². The number of hydrogen-bond donors (Lipinski definition) is 1. The van der Waals surface area contributed by atoms with Crippen LogP contribution in [0.4, 0.5) is 0 Å². The molecule has 112 valence electrons. The molecule has 2 heterocycles. The summed E-state index contributed by atoms with van der Waals surface area (Å²) in [6, 6.07) is 7.69. The fraction of sp³-hybridized carbons (Fsp3) is 0.133. The van der Waals surface area contributed by atoms with Gasteiger partial charge in [0.25, 0.3) is 5.91 Å². The number of amides is 2. The molecule has 1 aromatic rings. The van der Waals surface area contributed by atoms with Crippen molar-refractivity contribution in [3.8, 4) is 5.75 Å².